The van der Waals surface area contributed by atoms with Crippen LogP contribution in [0.4, 0.5) is 4.79 Å². The van der Waals surface area contributed by atoms with Crippen molar-refractivity contribution >= 4 is 17.9 Å². The predicted octanol–water partition coefficient (Wildman–Crippen LogP) is -1.39. The van der Waals surface area contributed by atoms with E-state index in [-0.39, 0.29) is 12.6 Å². The molecule has 8 nitrogen and oxygen atoms in total. The molecule has 0 aromatic rings. The van der Waals surface area contributed by atoms with Crippen LogP contribution in [0, 0.1) is 0 Å². The lowest BCUT2D eigenvalue weighted by molar-refractivity contribution is -0.144. The molecule has 1 heterocycles. The fourth-order valence-corrected chi connectivity index (χ4v) is 1.52. The first-order valence-electron chi connectivity index (χ1n) is 6.33. The van der Waals surface area contributed by atoms with E-state index in [4.69, 9.17) is 9.84 Å². The van der Waals surface area contributed by atoms with Gasteiger partial charge in [-0.2, -0.15) is 0 Å². The third-order valence-corrected chi connectivity index (χ3v) is 2.57. The van der Waals surface area contributed by atoms with E-state index in [9.17, 15) is 14.4 Å². The second kappa shape index (κ2) is 8.16. The van der Waals surface area contributed by atoms with Crippen molar-refractivity contribution in [1.29, 1.82) is 0 Å². The summed E-state index contributed by atoms with van der Waals surface area (Å²) in [6, 6.07) is -0.142. The lowest BCUT2D eigenvalue weighted by Crippen LogP contribution is -2.36. The predicted molar refractivity (Wildman–Crippen MR) is 69.8 cm³/mol. The van der Waals surface area contributed by atoms with Gasteiger partial charge in [0.05, 0.1) is 6.61 Å². The van der Waals surface area contributed by atoms with E-state index in [0.717, 1.165) is 12.2 Å². The highest BCUT2D eigenvalue weighted by Crippen LogP contribution is 1.94. The third-order valence-electron chi connectivity index (χ3n) is 2.57. The van der Waals surface area contributed by atoms with Crippen LogP contribution in [0.1, 0.15) is 6.92 Å². The van der Waals surface area contributed by atoms with Gasteiger partial charge < -0.3 is 25.4 Å². The van der Waals surface area contributed by atoms with Crippen LogP contribution in [0.3, 0.4) is 0 Å². The molecule has 1 aliphatic heterocycles. The fraction of sp³-hybridized carbons (Fsp3) is 0.583. The molecular formula is C12H19N3O5. The minimum Gasteiger partial charge on any atom is -0.457 e. The monoisotopic (exact) mass is 285 g/mol. The fourth-order valence-electron chi connectivity index (χ4n) is 1.52. The van der Waals surface area contributed by atoms with Crippen LogP contribution < -0.4 is 10.6 Å². The molecule has 0 aromatic heterocycles. The van der Waals surface area contributed by atoms with E-state index in [1.54, 1.807) is 4.90 Å². The molecule has 1 aliphatic rings. The first-order valence-corrected chi connectivity index (χ1v) is 6.33. The van der Waals surface area contributed by atoms with E-state index in [2.05, 4.69) is 10.6 Å². The number of carbonyl (C=O) groups is 3. The van der Waals surface area contributed by atoms with Crippen molar-refractivity contribution in [2.75, 3.05) is 32.8 Å². The summed E-state index contributed by atoms with van der Waals surface area (Å²) >= 11 is 0. The van der Waals surface area contributed by atoms with Gasteiger partial charge in [0, 0.05) is 38.3 Å². The van der Waals surface area contributed by atoms with E-state index in [1.165, 1.54) is 6.92 Å². The Labute approximate surface area is 116 Å². The molecule has 1 rings (SSSR count). The zero-order valence-electron chi connectivity index (χ0n) is 11.3. The van der Waals surface area contributed by atoms with Gasteiger partial charge in [0.2, 0.25) is 5.91 Å². The summed E-state index contributed by atoms with van der Waals surface area (Å²) < 4.78 is 4.73. The van der Waals surface area contributed by atoms with Crippen LogP contribution in [-0.2, 0) is 14.3 Å². The summed E-state index contributed by atoms with van der Waals surface area (Å²) in [5.41, 5.74) is 0. The topological polar surface area (TPSA) is 108 Å². The molecule has 3 amide bonds. The number of aliphatic hydroxyl groups excluding tert-OH is 1. The summed E-state index contributed by atoms with van der Waals surface area (Å²) in [4.78, 5) is 35.4. The van der Waals surface area contributed by atoms with Gasteiger partial charge in [-0.1, -0.05) is 0 Å². The molecule has 0 spiro atoms. The largest absolute Gasteiger partial charge is 0.457 e. The van der Waals surface area contributed by atoms with Crippen LogP contribution in [-0.4, -0.2) is 66.8 Å². The molecule has 1 unspecified atom stereocenters. The van der Waals surface area contributed by atoms with E-state index in [1.807, 2.05) is 0 Å². The number of nitrogens with zero attached hydrogens (tertiary/aromatic N) is 1. The van der Waals surface area contributed by atoms with Crippen molar-refractivity contribution < 1.29 is 24.2 Å². The van der Waals surface area contributed by atoms with Crippen LogP contribution in [0.15, 0.2) is 12.2 Å². The molecular weight excluding hydrogens is 266 g/mol. The number of hydrogen-bond donors (Lipinski definition) is 3. The SMILES string of the molecule is CC(CO)OC(=O)/C=C\C(=O)NCCN1CCNC1=O. The molecule has 1 fully saturated rings. The highest BCUT2D eigenvalue weighted by molar-refractivity contribution is 5.94. The number of urea groups is 1. The van der Waals surface area contributed by atoms with Gasteiger partial charge in [-0.3, -0.25) is 4.79 Å². The number of hydrogen-bond acceptors (Lipinski definition) is 5. The summed E-state index contributed by atoms with van der Waals surface area (Å²) in [5, 5.41) is 13.9. The van der Waals surface area contributed by atoms with Crippen molar-refractivity contribution in [2.24, 2.45) is 0 Å². The van der Waals surface area contributed by atoms with Gasteiger partial charge in [-0.25, -0.2) is 9.59 Å². The lowest BCUT2D eigenvalue weighted by Gasteiger charge is -2.13. The maximum Gasteiger partial charge on any atom is 0.331 e. The summed E-state index contributed by atoms with van der Waals surface area (Å²) in [6.07, 6.45) is 1.43. The zero-order valence-corrected chi connectivity index (χ0v) is 11.3. The van der Waals surface area contributed by atoms with Crippen LogP contribution >= 0.6 is 0 Å². The van der Waals surface area contributed by atoms with Crippen molar-refractivity contribution in [3.63, 3.8) is 0 Å². The Balaban J connectivity index is 2.19. The smallest absolute Gasteiger partial charge is 0.331 e. The molecule has 1 atom stereocenters. The maximum absolute atomic E-state index is 11.4. The summed E-state index contributed by atoms with van der Waals surface area (Å²) in [6.45, 7) is 3.21. The average molecular weight is 285 g/mol. The van der Waals surface area contributed by atoms with Gasteiger partial charge in [-0.15, -0.1) is 0 Å². The standard InChI is InChI=1S/C12H19N3O5/c1-9(8-16)20-11(18)3-2-10(17)13-4-6-15-7-5-14-12(15)19/h2-3,9,16H,4-8H2,1H3,(H,13,17)(H,14,19)/b3-2-. The van der Waals surface area contributed by atoms with Crippen LogP contribution in [0.5, 0.6) is 0 Å². The Morgan fingerprint density at radius 2 is 2.30 bits per heavy atom. The van der Waals surface area contributed by atoms with Gasteiger partial charge in [0.25, 0.3) is 0 Å². The Bertz CT molecular complexity index is 397. The Morgan fingerprint density at radius 1 is 1.55 bits per heavy atom. The molecule has 112 valence electrons. The first kappa shape index (κ1) is 16.0. The van der Waals surface area contributed by atoms with Crippen molar-refractivity contribution in [1.82, 2.24) is 15.5 Å². The minimum absolute atomic E-state index is 0.142. The van der Waals surface area contributed by atoms with E-state index < -0.39 is 18.0 Å². The Hall–Kier alpha value is -2.09. The maximum atomic E-state index is 11.4. The number of nitrogens with one attached hydrogen (secondary N) is 2. The molecule has 0 saturated carbocycles. The quantitative estimate of drug-likeness (QED) is 0.394. The Kier molecular flexibility index (Phi) is 6.51. The lowest BCUT2D eigenvalue weighted by atomic mass is 10.4. The van der Waals surface area contributed by atoms with Gasteiger partial charge in [-0.05, 0) is 6.92 Å². The normalized spacial score (nSPS) is 16.1. The summed E-state index contributed by atoms with van der Waals surface area (Å²) in [7, 11) is 0. The number of amides is 3. The van der Waals surface area contributed by atoms with Crippen molar-refractivity contribution in [3.8, 4) is 0 Å². The number of ether oxygens (including phenoxy) is 1. The third kappa shape index (κ3) is 5.70. The number of rotatable bonds is 7. The molecule has 0 aliphatic carbocycles. The van der Waals surface area contributed by atoms with Gasteiger partial charge in [0.1, 0.15) is 6.10 Å². The minimum atomic E-state index is -0.694. The molecule has 0 bridgehead atoms. The highest BCUT2D eigenvalue weighted by Gasteiger charge is 2.18. The molecule has 3 N–H and O–H groups in total. The van der Waals surface area contributed by atoms with E-state index >= 15 is 0 Å². The number of esters is 1. The first-order chi connectivity index (χ1) is 9.52. The summed E-state index contributed by atoms with van der Waals surface area (Å²) in [5.74, 6) is -1.14. The highest BCUT2D eigenvalue weighted by atomic mass is 16.5. The number of aliphatic hydroxyl groups is 1. The van der Waals surface area contributed by atoms with Crippen LogP contribution in [0.2, 0.25) is 0 Å². The average Bonchev–Trinajstić information content (AvgIpc) is 2.82. The zero-order chi connectivity index (χ0) is 15.0. The molecule has 8 heteroatoms. The second-order valence-corrected chi connectivity index (χ2v) is 4.27. The molecule has 1 saturated heterocycles. The number of carbonyl (C=O) groups excluding carboxylic acids is 3. The molecule has 0 aromatic carbocycles. The van der Waals surface area contributed by atoms with Crippen molar-refractivity contribution in [3.05, 3.63) is 12.2 Å². The molecule has 0 radical (unpaired) electrons. The second-order valence-electron chi connectivity index (χ2n) is 4.27. The van der Waals surface area contributed by atoms with Crippen LogP contribution in [0.25, 0.3) is 0 Å². The molecule has 20 heavy (non-hydrogen) atoms. The van der Waals surface area contributed by atoms with E-state index in [0.29, 0.717) is 26.2 Å². The Morgan fingerprint density at radius 3 is 2.90 bits per heavy atom. The van der Waals surface area contributed by atoms with Crippen molar-refractivity contribution in [2.45, 2.75) is 13.0 Å². The van der Waals surface area contributed by atoms with Gasteiger partial charge in [0.15, 0.2) is 0 Å². The van der Waals surface area contributed by atoms with Gasteiger partial charge >= 0.3 is 12.0 Å².